The molecule has 98 valence electrons. The van der Waals surface area contributed by atoms with Gasteiger partial charge in [-0.05, 0) is 24.6 Å². The number of halogens is 2. The van der Waals surface area contributed by atoms with Gasteiger partial charge in [0.15, 0.2) is 0 Å². The molecular formula is C12H14Cl2N2O2. The predicted octanol–water partition coefficient (Wildman–Crippen LogP) is 2.98. The van der Waals surface area contributed by atoms with Crippen molar-refractivity contribution in [3.63, 3.8) is 0 Å². The summed E-state index contributed by atoms with van der Waals surface area (Å²) in [5, 5.41) is 13.4. The van der Waals surface area contributed by atoms with Crippen LogP contribution >= 0.6 is 23.2 Å². The zero-order valence-electron chi connectivity index (χ0n) is 9.91. The number of carbonyl (C=O) groups is 1. The van der Waals surface area contributed by atoms with Crippen molar-refractivity contribution in [3.05, 3.63) is 28.2 Å². The van der Waals surface area contributed by atoms with Crippen molar-refractivity contribution in [2.75, 3.05) is 18.4 Å². The lowest BCUT2D eigenvalue weighted by Gasteiger charge is -2.45. The van der Waals surface area contributed by atoms with Gasteiger partial charge in [-0.15, -0.1) is 0 Å². The van der Waals surface area contributed by atoms with Gasteiger partial charge < -0.3 is 15.3 Å². The van der Waals surface area contributed by atoms with E-state index in [9.17, 15) is 9.90 Å². The van der Waals surface area contributed by atoms with Gasteiger partial charge in [-0.25, -0.2) is 4.79 Å². The second kappa shape index (κ2) is 4.96. The predicted molar refractivity (Wildman–Crippen MR) is 72.3 cm³/mol. The number of nitrogens with one attached hydrogen (secondary N) is 1. The third-order valence-electron chi connectivity index (χ3n) is 3.09. The van der Waals surface area contributed by atoms with Gasteiger partial charge in [0.1, 0.15) is 0 Å². The molecule has 1 aliphatic rings. The number of urea groups is 1. The van der Waals surface area contributed by atoms with Crippen molar-refractivity contribution in [1.82, 2.24) is 4.90 Å². The summed E-state index contributed by atoms with van der Waals surface area (Å²) < 4.78 is 0. The fourth-order valence-electron chi connectivity index (χ4n) is 1.81. The van der Waals surface area contributed by atoms with E-state index in [2.05, 4.69) is 5.32 Å². The highest BCUT2D eigenvalue weighted by Crippen LogP contribution is 2.27. The first-order chi connectivity index (χ1) is 8.43. The maximum atomic E-state index is 11.8. The number of β-amino-alcohol motifs (C(OH)–C–C–N with tert-alkyl or cyclic N) is 1. The molecule has 0 bridgehead atoms. The van der Waals surface area contributed by atoms with Gasteiger partial charge in [-0.1, -0.05) is 30.1 Å². The van der Waals surface area contributed by atoms with Crippen LogP contribution < -0.4 is 5.32 Å². The SMILES string of the molecule is CCC1(O)CN(C(=O)Nc2ccc(Cl)c(Cl)c2)C1. The molecule has 1 saturated heterocycles. The van der Waals surface area contributed by atoms with Crippen LogP contribution in [-0.2, 0) is 0 Å². The van der Waals surface area contributed by atoms with Crippen LogP contribution in [0.2, 0.25) is 10.0 Å². The van der Waals surface area contributed by atoms with Crippen molar-refractivity contribution in [3.8, 4) is 0 Å². The Kier molecular flexibility index (Phi) is 3.71. The van der Waals surface area contributed by atoms with E-state index >= 15 is 0 Å². The second-order valence-electron chi connectivity index (χ2n) is 4.49. The lowest BCUT2D eigenvalue weighted by Crippen LogP contribution is -2.63. The summed E-state index contributed by atoms with van der Waals surface area (Å²) in [5.74, 6) is 0. The summed E-state index contributed by atoms with van der Waals surface area (Å²) in [4.78, 5) is 13.4. The number of rotatable bonds is 2. The number of aliphatic hydroxyl groups is 1. The molecule has 4 nitrogen and oxygen atoms in total. The molecule has 18 heavy (non-hydrogen) atoms. The number of likely N-dealkylation sites (tertiary alicyclic amines) is 1. The van der Waals surface area contributed by atoms with Gasteiger partial charge in [-0.2, -0.15) is 0 Å². The smallest absolute Gasteiger partial charge is 0.322 e. The Hall–Kier alpha value is -0.970. The zero-order chi connectivity index (χ0) is 13.3. The summed E-state index contributed by atoms with van der Waals surface area (Å²) in [6.07, 6.45) is 0.642. The van der Waals surface area contributed by atoms with E-state index in [0.717, 1.165) is 0 Å². The Morgan fingerprint density at radius 1 is 1.44 bits per heavy atom. The van der Waals surface area contributed by atoms with E-state index in [1.165, 1.54) is 0 Å². The Morgan fingerprint density at radius 2 is 2.11 bits per heavy atom. The average molecular weight is 289 g/mol. The van der Waals surface area contributed by atoms with E-state index in [0.29, 0.717) is 35.2 Å². The van der Waals surface area contributed by atoms with Crippen LogP contribution in [0.5, 0.6) is 0 Å². The van der Waals surface area contributed by atoms with Gasteiger partial charge in [0.05, 0.1) is 28.7 Å². The third-order valence-corrected chi connectivity index (χ3v) is 3.83. The molecule has 0 atom stereocenters. The molecule has 0 aromatic heterocycles. The van der Waals surface area contributed by atoms with Gasteiger partial charge in [0.2, 0.25) is 0 Å². The fourth-order valence-corrected chi connectivity index (χ4v) is 2.11. The Morgan fingerprint density at radius 3 is 2.67 bits per heavy atom. The van der Waals surface area contributed by atoms with E-state index in [1.807, 2.05) is 6.92 Å². The van der Waals surface area contributed by atoms with Gasteiger partial charge >= 0.3 is 6.03 Å². The molecule has 0 spiro atoms. The third kappa shape index (κ3) is 2.71. The highest BCUT2D eigenvalue weighted by atomic mass is 35.5. The van der Waals surface area contributed by atoms with Crippen LogP contribution in [0.4, 0.5) is 10.5 Å². The lowest BCUT2D eigenvalue weighted by atomic mass is 9.92. The van der Waals surface area contributed by atoms with Crippen molar-refractivity contribution in [2.24, 2.45) is 0 Å². The first kappa shape index (κ1) is 13.5. The molecular weight excluding hydrogens is 275 g/mol. The van der Waals surface area contributed by atoms with Gasteiger partial charge in [-0.3, -0.25) is 0 Å². The van der Waals surface area contributed by atoms with Crippen molar-refractivity contribution >= 4 is 34.9 Å². The monoisotopic (exact) mass is 288 g/mol. The van der Waals surface area contributed by atoms with Crippen LogP contribution in [0, 0.1) is 0 Å². The van der Waals surface area contributed by atoms with Gasteiger partial charge in [0.25, 0.3) is 0 Å². The number of hydrogen-bond acceptors (Lipinski definition) is 2. The molecule has 2 N–H and O–H groups in total. The van der Waals surface area contributed by atoms with Crippen molar-refractivity contribution in [1.29, 1.82) is 0 Å². The van der Waals surface area contributed by atoms with Gasteiger partial charge in [0, 0.05) is 5.69 Å². The standard InChI is InChI=1S/C12H14Cl2N2O2/c1-2-12(18)6-16(7-12)11(17)15-8-3-4-9(13)10(14)5-8/h3-5,18H,2,6-7H2,1H3,(H,15,17). The lowest BCUT2D eigenvalue weighted by molar-refractivity contribution is -0.0755. The van der Waals surface area contributed by atoms with Crippen LogP contribution in [0.1, 0.15) is 13.3 Å². The van der Waals surface area contributed by atoms with E-state index < -0.39 is 5.60 Å². The summed E-state index contributed by atoms with van der Waals surface area (Å²) in [7, 11) is 0. The summed E-state index contributed by atoms with van der Waals surface area (Å²) in [6.45, 7) is 2.61. The molecule has 2 rings (SSSR count). The molecule has 0 aliphatic carbocycles. The number of carbonyl (C=O) groups excluding carboxylic acids is 1. The Labute approximate surface area is 115 Å². The molecule has 0 radical (unpaired) electrons. The zero-order valence-corrected chi connectivity index (χ0v) is 11.4. The highest BCUT2D eigenvalue weighted by Gasteiger charge is 2.42. The summed E-state index contributed by atoms with van der Waals surface area (Å²) in [5.41, 5.74) is -0.143. The first-order valence-electron chi connectivity index (χ1n) is 5.67. The molecule has 2 amide bonds. The molecule has 1 aliphatic heterocycles. The fraction of sp³-hybridized carbons (Fsp3) is 0.417. The molecule has 0 unspecified atom stereocenters. The number of amides is 2. The molecule has 1 heterocycles. The number of benzene rings is 1. The van der Waals surface area contributed by atoms with Crippen LogP contribution in [0.25, 0.3) is 0 Å². The Balaban J connectivity index is 1.94. The molecule has 1 aromatic carbocycles. The maximum absolute atomic E-state index is 11.8. The number of nitrogens with zero attached hydrogens (tertiary/aromatic N) is 1. The molecule has 6 heteroatoms. The quantitative estimate of drug-likeness (QED) is 0.879. The second-order valence-corrected chi connectivity index (χ2v) is 5.31. The molecule has 1 aromatic rings. The minimum absolute atomic E-state index is 0.244. The molecule has 1 fully saturated rings. The maximum Gasteiger partial charge on any atom is 0.322 e. The van der Waals surface area contributed by atoms with Crippen molar-refractivity contribution in [2.45, 2.75) is 18.9 Å². The van der Waals surface area contributed by atoms with Crippen LogP contribution in [0.3, 0.4) is 0 Å². The number of anilines is 1. The van der Waals surface area contributed by atoms with Crippen LogP contribution in [-0.4, -0.2) is 34.7 Å². The molecule has 0 saturated carbocycles. The topological polar surface area (TPSA) is 52.6 Å². The largest absolute Gasteiger partial charge is 0.386 e. The minimum Gasteiger partial charge on any atom is -0.386 e. The van der Waals surface area contributed by atoms with E-state index in [-0.39, 0.29) is 6.03 Å². The summed E-state index contributed by atoms with van der Waals surface area (Å²) in [6, 6.07) is 4.65. The van der Waals surface area contributed by atoms with E-state index in [4.69, 9.17) is 23.2 Å². The van der Waals surface area contributed by atoms with Crippen molar-refractivity contribution < 1.29 is 9.90 Å². The van der Waals surface area contributed by atoms with E-state index in [1.54, 1.807) is 23.1 Å². The van der Waals surface area contributed by atoms with Crippen LogP contribution in [0.15, 0.2) is 18.2 Å². The first-order valence-corrected chi connectivity index (χ1v) is 6.42. The average Bonchev–Trinajstić information content (AvgIpc) is 2.29. The highest BCUT2D eigenvalue weighted by molar-refractivity contribution is 6.42. The summed E-state index contributed by atoms with van der Waals surface area (Å²) >= 11 is 11.6. The number of hydrogen-bond donors (Lipinski definition) is 2. The normalized spacial score (nSPS) is 17.2. The minimum atomic E-state index is -0.727. The Bertz CT molecular complexity index is 473.